The van der Waals surface area contributed by atoms with Gasteiger partial charge in [-0.05, 0) is 17.9 Å². The average Bonchev–Trinajstić information content (AvgIpc) is 2.59. The van der Waals surface area contributed by atoms with Gasteiger partial charge >= 0.3 is 5.97 Å². The van der Waals surface area contributed by atoms with Gasteiger partial charge < -0.3 is 4.74 Å². The number of aromatic nitrogens is 1. The van der Waals surface area contributed by atoms with Crippen molar-refractivity contribution in [1.29, 1.82) is 0 Å². The van der Waals surface area contributed by atoms with E-state index in [4.69, 9.17) is 0 Å². The van der Waals surface area contributed by atoms with Crippen LogP contribution in [0.1, 0.15) is 29.8 Å². The van der Waals surface area contributed by atoms with E-state index < -0.39 is 5.91 Å². The third-order valence-corrected chi connectivity index (χ3v) is 3.22. The average molecular weight is 315 g/mol. The molecule has 120 valence electrons. The molecule has 7 nitrogen and oxygen atoms in total. The fourth-order valence-corrected chi connectivity index (χ4v) is 2.04. The number of pyridine rings is 1. The number of hydrazine groups is 1. The molecule has 0 saturated heterocycles. The van der Waals surface area contributed by atoms with E-state index >= 15 is 0 Å². The number of rotatable bonds is 5. The molecule has 2 N–H and O–H groups in total. The summed E-state index contributed by atoms with van der Waals surface area (Å²) in [4.78, 5) is 38.7. The molecule has 0 aliphatic rings. The Morgan fingerprint density at radius 1 is 1.09 bits per heavy atom. The molecule has 0 bridgehead atoms. The van der Waals surface area contributed by atoms with Gasteiger partial charge in [-0.2, -0.15) is 0 Å². The van der Waals surface area contributed by atoms with Crippen molar-refractivity contribution >= 4 is 28.6 Å². The number of esters is 1. The van der Waals surface area contributed by atoms with Crippen molar-refractivity contribution in [3.05, 3.63) is 42.2 Å². The summed E-state index contributed by atoms with van der Waals surface area (Å²) < 4.78 is 4.48. The van der Waals surface area contributed by atoms with Gasteiger partial charge in [-0.1, -0.05) is 24.3 Å². The first-order valence-corrected chi connectivity index (χ1v) is 7.11. The maximum absolute atomic E-state index is 12.1. The third kappa shape index (κ3) is 4.50. The van der Waals surface area contributed by atoms with E-state index in [9.17, 15) is 14.4 Å². The van der Waals surface area contributed by atoms with Crippen molar-refractivity contribution in [2.45, 2.75) is 19.3 Å². The van der Waals surface area contributed by atoms with Crippen LogP contribution >= 0.6 is 0 Å². The summed E-state index contributed by atoms with van der Waals surface area (Å²) >= 11 is 0. The van der Waals surface area contributed by atoms with E-state index in [2.05, 4.69) is 20.6 Å². The highest BCUT2D eigenvalue weighted by molar-refractivity contribution is 6.05. The van der Waals surface area contributed by atoms with Crippen LogP contribution in [-0.4, -0.2) is 29.9 Å². The fourth-order valence-electron chi connectivity index (χ4n) is 2.04. The Bertz CT molecular complexity index is 725. The van der Waals surface area contributed by atoms with E-state index in [0.717, 1.165) is 5.39 Å². The summed E-state index contributed by atoms with van der Waals surface area (Å²) in [6, 6.07) is 9.14. The van der Waals surface area contributed by atoms with Gasteiger partial charge in [0.25, 0.3) is 5.91 Å². The lowest BCUT2D eigenvalue weighted by Gasteiger charge is -2.08. The van der Waals surface area contributed by atoms with Gasteiger partial charge in [0.1, 0.15) is 5.69 Å². The quantitative estimate of drug-likeness (QED) is 0.641. The molecule has 0 fully saturated rings. The fraction of sp³-hybridized carbons (Fsp3) is 0.250. The number of carbonyl (C=O) groups excluding carboxylic acids is 3. The van der Waals surface area contributed by atoms with E-state index in [1.165, 1.54) is 13.3 Å². The SMILES string of the molecule is COC(=O)CCCC(=O)NNC(=O)c1nccc2ccccc12. The summed E-state index contributed by atoms with van der Waals surface area (Å²) in [6.45, 7) is 0. The second-order valence-electron chi connectivity index (χ2n) is 4.81. The molecular weight excluding hydrogens is 298 g/mol. The molecule has 0 aliphatic heterocycles. The van der Waals surface area contributed by atoms with Gasteiger partial charge in [-0.15, -0.1) is 0 Å². The van der Waals surface area contributed by atoms with Crippen molar-refractivity contribution in [1.82, 2.24) is 15.8 Å². The summed E-state index contributed by atoms with van der Waals surface area (Å²) in [5.74, 6) is -1.26. The number of benzene rings is 1. The Labute approximate surface area is 133 Å². The van der Waals surface area contributed by atoms with Crippen molar-refractivity contribution in [2.75, 3.05) is 7.11 Å². The Balaban J connectivity index is 1.89. The van der Waals surface area contributed by atoms with Crippen LogP contribution in [0.25, 0.3) is 10.8 Å². The predicted octanol–water partition coefficient (Wildman–Crippen LogP) is 1.34. The molecule has 1 aromatic carbocycles. The van der Waals surface area contributed by atoms with Gasteiger partial charge in [0.15, 0.2) is 0 Å². The molecule has 2 aromatic rings. The molecule has 23 heavy (non-hydrogen) atoms. The molecule has 0 radical (unpaired) electrons. The van der Waals surface area contributed by atoms with Crippen LogP contribution in [0, 0.1) is 0 Å². The maximum atomic E-state index is 12.1. The van der Waals surface area contributed by atoms with Crippen molar-refractivity contribution < 1.29 is 19.1 Å². The molecule has 0 saturated carbocycles. The number of fused-ring (bicyclic) bond motifs is 1. The molecule has 0 unspecified atom stereocenters. The highest BCUT2D eigenvalue weighted by atomic mass is 16.5. The topological polar surface area (TPSA) is 97.4 Å². The largest absolute Gasteiger partial charge is 0.469 e. The zero-order chi connectivity index (χ0) is 16.7. The van der Waals surface area contributed by atoms with Crippen LogP contribution in [-0.2, 0) is 14.3 Å². The van der Waals surface area contributed by atoms with Crippen LogP contribution in [0.2, 0.25) is 0 Å². The highest BCUT2D eigenvalue weighted by Crippen LogP contribution is 2.15. The first-order chi connectivity index (χ1) is 11.1. The number of methoxy groups -OCH3 is 1. The number of nitrogens with zero attached hydrogens (tertiary/aromatic N) is 1. The standard InChI is InChI=1S/C16H17N3O4/c1-23-14(21)8-4-7-13(20)18-19-16(22)15-12-6-3-2-5-11(12)9-10-17-15/h2-3,5-6,9-10H,4,7-8H2,1H3,(H,18,20)(H,19,22). The number of ether oxygens (including phenoxy) is 1. The molecular formula is C16H17N3O4. The Morgan fingerprint density at radius 3 is 2.65 bits per heavy atom. The Kier molecular flexibility index (Phi) is 5.62. The molecule has 1 heterocycles. The second kappa shape index (κ2) is 7.88. The lowest BCUT2D eigenvalue weighted by molar-refractivity contribution is -0.140. The Morgan fingerprint density at radius 2 is 1.87 bits per heavy atom. The molecule has 1 aromatic heterocycles. The van der Waals surface area contributed by atoms with E-state index in [1.54, 1.807) is 12.1 Å². The minimum Gasteiger partial charge on any atom is -0.469 e. The number of carbonyl (C=O) groups is 3. The smallest absolute Gasteiger partial charge is 0.305 e. The van der Waals surface area contributed by atoms with Gasteiger partial charge in [0.2, 0.25) is 5.91 Å². The highest BCUT2D eigenvalue weighted by Gasteiger charge is 2.12. The van der Waals surface area contributed by atoms with Gasteiger partial charge in [0, 0.05) is 24.4 Å². The molecule has 0 atom stereocenters. The Hall–Kier alpha value is -2.96. The van der Waals surface area contributed by atoms with Crippen molar-refractivity contribution in [3.63, 3.8) is 0 Å². The zero-order valence-electron chi connectivity index (χ0n) is 12.7. The van der Waals surface area contributed by atoms with Crippen molar-refractivity contribution in [3.8, 4) is 0 Å². The van der Waals surface area contributed by atoms with E-state index in [1.807, 2.05) is 18.2 Å². The molecule has 0 spiro atoms. The van der Waals surface area contributed by atoms with Crippen LogP contribution in [0.3, 0.4) is 0 Å². The maximum Gasteiger partial charge on any atom is 0.305 e. The monoisotopic (exact) mass is 315 g/mol. The van der Waals surface area contributed by atoms with Crippen LogP contribution in [0.15, 0.2) is 36.5 Å². The zero-order valence-corrected chi connectivity index (χ0v) is 12.7. The lowest BCUT2D eigenvalue weighted by Crippen LogP contribution is -2.41. The van der Waals surface area contributed by atoms with Crippen LogP contribution in [0.4, 0.5) is 0 Å². The summed E-state index contributed by atoms with van der Waals surface area (Å²) in [5, 5.41) is 1.59. The summed E-state index contributed by atoms with van der Waals surface area (Å²) in [7, 11) is 1.29. The number of hydrogen-bond acceptors (Lipinski definition) is 5. The lowest BCUT2D eigenvalue weighted by atomic mass is 10.1. The molecule has 0 aliphatic carbocycles. The predicted molar refractivity (Wildman–Crippen MR) is 83.2 cm³/mol. The van der Waals surface area contributed by atoms with Gasteiger partial charge in [0.05, 0.1) is 7.11 Å². The van der Waals surface area contributed by atoms with Crippen molar-refractivity contribution in [2.24, 2.45) is 0 Å². The van der Waals surface area contributed by atoms with E-state index in [-0.39, 0.29) is 30.4 Å². The number of amides is 2. The van der Waals surface area contributed by atoms with Gasteiger partial charge in [-0.25, -0.2) is 0 Å². The minimum absolute atomic E-state index is 0.109. The second-order valence-corrected chi connectivity index (χ2v) is 4.81. The van der Waals surface area contributed by atoms with Crippen LogP contribution in [0.5, 0.6) is 0 Å². The molecule has 7 heteroatoms. The minimum atomic E-state index is -0.497. The van der Waals surface area contributed by atoms with Gasteiger partial charge in [-0.3, -0.25) is 30.2 Å². The first-order valence-electron chi connectivity index (χ1n) is 7.11. The molecule has 2 amide bonds. The summed E-state index contributed by atoms with van der Waals surface area (Å²) in [6.07, 6.45) is 2.15. The van der Waals surface area contributed by atoms with E-state index in [0.29, 0.717) is 11.8 Å². The molecule has 2 rings (SSSR count). The first kappa shape index (κ1) is 16.4. The summed E-state index contributed by atoms with van der Waals surface area (Å²) in [5.41, 5.74) is 4.87. The number of hydrogen-bond donors (Lipinski definition) is 2. The normalized spacial score (nSPS) is 10.1. The number of nitrogens with one attached hydrogen (secondary N) is 2. The third-order valence-electron chi connectivity index (χ3n) is 3.22. The van der Waals surface area contributed by atoms with Crippen LogP contribution < -0.4 is 10.9 Å².